The molecule has 8 nitrogen and oxygen atoms in total. The number of rotatable bonds is 6. The molecule has 1 aliphatic heterocycles. The van der Waals surface area contributed by atoms with Crippen molar-refractivity contribution in [2.45, 2.75) is 26.1 Å². The van der Waals surface area contributed by atoms with Gasteiger partial charge in [-0.1, -0.05) is 12.1 Å². The molecular weight excluding hydrogens is 328 g/mol. The third kappa shape index (κ3) is 4.80. The number of hydrogen-bond donors (Lipinski definition) is 1. The summed E-state index contributed by atoms with van der Waals surface area (Å²) in [4.78, 5) is 40.0. The Bertz CT molecular complexity index is 708. The van der Waals surface area contributed by atoms with Gasteiger partial charge in [0.1, 0.15) is 0 Å². The fourth-order valence-electron chi connectivity index (χ4n) is 2.23. The molecule has 0 spiro atoms. The number of hydrogen-bond acceptors (Lipinski definition) is 6. The number of cyclic esters (lactones) is 1. The molecule has 2 amide bonds. The zero-order chi connectivity index (χ0) is 18.6. The second-order valence-electron chi connectivity index (χ2n) is 5.83. The second-order valence-corrected chi connectivity index (χ2v) is 5.83. The van der Waals surface area contributed by atoms with Crippen molar-refractivity contribution in [3.8, 4) is 0 Å². The molecule has 1 fully saturated rings. The Hall–Kier alpha value is -2.87. The molecule has 0 atom stereocenters. The summed E-state index contributed by atoms with van der Waals surface area (Å²) >= 11 is 0. The van der Waals surface area contributed by atoms with E-state index in [9.17, 15) is 14.4 Å². The minimum Gasteiger partial charge on any atom is -0.445 e. The number of ether oxygens (including phenoxy) is 2. The third-order valence-electron chi connectivity index (χ3n) is 3.46. The van der Waals surface area contributed by atoms with Crippen LogP contribution in [0.3, 0.4) is 0 Å². The van der Waals surface area contributed by atoms with Crippen LogP contribution in [0.15, 0.2) is 36.1 Å². The third-order valence-corrected chi connectivity index (χ3v) is 3.46. The Morgan fingerprint density at radius 3 is 2.36 bits per heavy atom. The molecular formula is C17H20N2O6. The molecule has 134 valence electrons. The molecule has 25 heavy (non-hydrogen) atoms. The molecule has 1 aliphatic rings. The zero-order valence-electron chi connectivity index (χ0n) is 14.3. The molecule has 0 radical (unpaired) electrons. The van der Waals surface area contributed by atoms with Crippen LogP contribution in [0.5, 0.6) is 0 Å². The van der Waals surface area contributed by atoms with Crippen molar-refractivity contribution in [3.63, 3.8) is 0 Å². The van der Waals surface area contributed by atoms with Gasteiger partial charge in [-0.3, -0.25) is 14.4 Å². The van der Waals surface area contributed by atoms with Crippen molar-refractivity contribution in [3.05, 3.63) is 47.2 Å². The molecule has 2 N–H and O–H groups in total. The van der Waals surface area contributed by atoms with Crippen molar-refractivity contribution in [1.82, 2.24) is 5.06 Å². The van der Waals surface area contributed by atoms with Gasteiger partial charge in [-0.05, 0) is 24.1 Å². The van der Waals surface area contributed by atoms with E-state index >= 15 is 0 Å². The summed E-state index contributed by atoms with van der Waals surface area (Å²) in [5.74, 6) is -3.00. The van der Waals surface area contributed by atoms with E-state index in [4.69, 9.17) is 20.0 Å². The van der Waals surface area contributed by atoms with Gasteiger partial charge in [0.05, 0.1) is 19.7 Å². The first kappa shape index (κ1) is 18.5. The first-order chi connectivity index (χ1) is 11.7. The van der Waals surface area contributed by atoms with Crippen molar-refractivity contribution < 1.29 is 28.7 Å². The highest BCUT2D eigenvalue weighted by atomic mass is 16.8. The van der Waals surface area contributed by atoms with Gasteiger partial charge in [0.2, 0.25) is 17.5 Å². The number of esters is 1. The maximum Gasteiger partial charge on any atom is 0.377 e. The predicted molar refractivity (Wildman–Crippen MR) is 86.7 cm³/mol. The first-order valence-corrected chi connectivity index (χ1v) is 7.60. The minimum atomic E-state index is -1.09. The largest absolute Gasteiger partial charge is 0.445 e. The summed E-state index contributed by atoms with van der Waals surface area (Å²) < 4.78 is 10.2. The molecule has 0 saturated carbocycles. The Balaban J connectivity index is 1.98. The predicted octanol–water partition coefficient (Wildman–Crippen LogP) is 0.911. The highest BCUT2D eigenvalue weighted by molar-refractivity contribution is 5.97. The molecule has 0 unspecified atom stereocenters. The Labute approximate surface area is 145 Å². The van der Waals surface area contributed by atoms with Crippen molar-refractivity contribution in [2.75, 3.05) is 13.7 Å². The van der Waals surface area contributed by atoms with Crippen LogP contribution in [0.2, 0.25) is 0 Å². The summed E-state index contributed by atoms with van der Waals surface area (Å²) in [6.07, 6.45) is 1.52. The fraction of sp³-hybridized carbons (Fsp3) is 0.353. The summed E-state index contributed by atoms with van der Waals surface area (Å²) in [6.45, 7) is 3.38. The van der Waals surface area contributed by atoms with Crippen molar-refractivity contribution in [2.24, 2.45) is 5.73 Å². The molecule has 2 rings (SSSR count). The number of carbonyl (C=O) groups is 3. The SMILES string of the molecule is CON(CCc1ccc(C(N)=O)cc1)C(=O)C=C1OC(C)(C)OC1=O. The molecule has 1 aromatic carbocycles. The van der Waals surface area contributed by atoms with Gasteiger partial charge in [-0.15, -0.1) is 0 Å². The van der Waals surface area contributed by atoms with E-state index in [1.165, 1.54) is 7.11 Å². The average molecular weight is 348 g/mol. The number of benzene rings is 1. The monoisotopic (exact) mass is 348 g/mol. The standard InChI is InChI=1S/C17H20N2O6/c1-17(2)24-13(16(22)25-17)10-14(20)19(23-3)9-8-11-4-6-12(7-5-11)15(18)21/h4-7,10H,8-9H2,1-3H3,(H2,18,21). The van der Waals surface area contributed by atoms with Crippen LogP contribution in [0.1, 0.15) is 29.8 Å². The van der Waals surface area contributed by atoms with Gasteiger partial charge in [0, 0.05) is 19.4 Å². The van der Waals surface area contributed by atoms with Crippen LogP contribution in [0.25, 0.3) is 0 Å². The number of amides is 2. The molecule has 0 aromatic heterocycles. The fourth-order valence-corrected chi connectivity index (χ4v) is 2.23. The molecule has 8 heteroatoms. The van der Waals surface area contributed by atoms with E-state index in [1.807, 2.05) is 0 Å². The van der Waals surface area contributed by atoms with Gasteiger partial charge < -0.3 is 15.2 Å². The van der Waals surface area contributed by atoms with E-state index in [0.717, 1.165) is 16.7 Å². The lowest BCUT2D eigenvalue weighted by Gasteiger charge is -2.18. The summed E-state index contributed by atoms with van der Waals surface area (Å²) in [5, 5.41) is 1.09. The van der Waals surface area contributed by atoms with Gasteiger partial charge in [-0.2, -0.15) is 0 Å². The van der Waals surface area contributed by atoms with E-state index in [0.29, 0.717) is 12.0 Å². The maximum absolute atomic E-state index is 12.2. The van der Waals surface area contributed by atoms with E-state index in [-0.39, 0.29) is 12.3 Å². The molecule has 0 aliphatic carbocycles. The van der Waals surface area contributed by atoms with Crippen molar-refractivity contribution >= 4 is 17.8 Å². The van der Waals surface area contributed by atoms with Crippen LogP contribution >= 0.6 is 0 Å². The first-order valence-electron chi connectivity index (χ1n) is 7.60. The molecule has 1 aromatic rings. The number of nitrogens with zero attached hydrogens (tertiary/aromatic N) is 1. The summed E-state index contributed by atoms with van der Waals surface area (Å²) in [6, 6.07) is 6.72. The summed E-state index contributed by atoms with van der Waals surface area (Å²) in [7, 11) is 1.35. The highest BCUT2D eigenvalue weighted by Gasteiger charge is 2.38. The Morgan fingerprint density at radius 2 is 1.88 bits per heavy atom. The van der Waals surface area contributed by atoms with Crippen LogP contribution in [-0.2, 0) is 30.3 Å². The lowest BCUT2D eigenvalue weighted by Crippen LogP contribution is -2.31. The van der Waals surface area contributed by atoms with E-state index in [2.05, 4.69) is 0 Å². The van der Waals surface area contributed by atoms with Gasteiger partial charge in [0.15, 0.2) is 0 Å². The van der Waals surface area contributed by atoms with Crippen LogP contribution in [0, 0.1) is 0 Å². The Kier molecular flexibility index (Phi) is 5.43. The number of primary amides is 1. The summed E-state index contributed by atoms with van der Waals surface area (Å²) in [5.41, 5.74) is 6.49. The van der Waals surface area contributed by atoms with Crippen LogP contribution < -0.4 is 5.73 Å². The van der Waals surface area contributed by atoms with Gasteiger partial charge in [0.25, 0.3) is 5.91 Å². The maximum atomic E-state index is 12.2. The average Bonchev–Trinajstić information content (AvgIpc) is 2.80. The van der Waals surface area contributed by atoms with Gasteiger partial charge in [-0.25, -0.2) is 9.86 Å². The lowest BCUT2D eigenvalue weighted by atomic mass is 10.1. The number of carbonyl (C=O) groups excluding carboxylic acids is 3. The lowest BCUT2D eigenvalue weighted by molar-refractivity contribution is -0.170. The quantitative estimate of drug-likeness (QED) is 0.465. The van der Waals surface area contributed by atoms with E-state index in [1.54, 1.807) is 38.1 Å². The molecule has 1 heterocycles. The topological polar surface area (TPSA) is 108 Å². The molecule has 0 bridgehead atoms. The smallest absolute Gasteiger partial charge is 0.377 e. The van der Waals surface area contributed by atoms with E-state index < -0.39 is 23.6 Å². The zero-order valence-corrected chi connectivity index (χ0v) is 14.3. The Morgan fingerprint density at radius 1 is 1.24 bits per heavy atom. The van der Waals surface area contributed by atoms with Crippen LogP contribution in [0.4, 0.5) is 0 Å². The van der Waals surface area contributed by atoms with Crippen molar-refractivity contribution in [1.29, 1.82) is 0 Å². The molecule has 1 saturated heterocycles. The minimum absolute atomic E-state index is 0.164. The highest BCUT2D eigenvalue weighted by Crippen LogP contribution is 2.26. The normalized spacial score (nSPS) is 17.1. The number of nitrogens with two attached hydrogens (primary N) is 1. The van der Waals surface area contributed by atoms with Crippen LogP contribution in [-0.4, -0.2) is 42.3 Å². The van der Waals surface area contributed by atoms with Gasteiger partial charge >= 0.3 is 5.97 Å². The number of hydroxylamine groups is 2. The second kappa shape index (κ2) is 7.35.